The highest BCUT2D eigenvalue weighted by Gasteiger charge is 2.14. The molecule has 1 aromatic carbocycles. The SMILES string of the molecule is CCCCc1ccc(C(=O)c2ccoc2Br)cc1. The maximum atomic E-state index is 12.2. The first-order valence-electron chi connectivity index (χ1n) is 6.09. The number of hydrogen-bond acceptors (Lipinski definition) is 2. The Balaban J connectivity index is 2.15. The molecule has 2 aromatic rings. The van der Waals surface area contributed by atoms with Crippen molar-refractivity contribution in [3.05, 3.63) is 58.0 Å². The van der Waals surface area contributed by atoms with Gasteiger partial charge in [0.15, 0.2) is 10.5 Å². The van der Waals surface area contributed by atoms with E-state index in [1.807, 2.05) is 24.3 Å². The molecule has 2 rings (SSSR count). The Morgan fingerprint density at radius 1 is 1.22 bits per heavy atom. The zero-order chi connectivity index (χ0) is 13.0. The van der Waals surface area contributed by atoms with Crippen molar-refractivity contribution in [2.45, 2.75) is 26.2 Å². The topological polar surface area (TPSA) is 30.2 Å². The smallest absolute Gasteiger partial charge is 0.197 e. The Morgan fingerprint density at radius 3 is 2.50 bits per heavy atom. The lowest BCUT2D eigenvalue weighted by molar-refractivity contribution is 0.103. The zero-order valence-electron chi connectivity index (χ0n) is 10.3. The standard InChI is InChI=1S/C15H15BrO2/c1-2-3-4-11-5-7-12(8-6-11)14(17)13-9-10-18-15(13)16/h5-10H,2-4H2,1H3. The lowest BCUT2D eigenvalue weighted by Gasteiger charge is -2.02. The van der Waals surface area contributed by atoms with E-state index in [9.17, 15) is 4.79 Å². The fourth-order valence-corrected chi connectivity index (χ4v) is 2.24. The first kappa shape index (κ1) is 13.1. The molecule has 1 heterocycles. The molecule has 0 aliphatic rings. The van der Waals surface area contributed by atoms with Gasteiger partial charge in [-0.25, -0.2) is 0 Å². The average molecular weight is 307 g/mol. The quantitative estimate of drug-likeness (QED) is 0.755. The molecule has 1 aromatic heterocycles. The molecule has 0 N–H and O–H groups in total. The van der Waals surface area contributed by atoms with Gasteiger partial charge in [0, 0.05) is 5.56 Å². The molecule has 0 atom stereocenters. The average Bonchev–Trinajstić information content (AvgIpc) is 2.82. The third-order valence-electron chi connectivity index (χ3n) is 2.90. The zero-order valence-corrected chi connectivity index (χ0v) is 11.9. The van der Waals surface area contributed by atoms with Gasteiger partial charge in [-0.2, -0.15) is 0 Å². The summed E-state index contributed by atoms with van der Waals surface area (Å²) in [7, 11) is 0. The maximum absolute atomic E-state index is 12.2. The second-order valence-electron chi connectivity index (χ2n) is 4.24. The summed E-state index contributed by atoms with van der Waals surface area (Å²) in [6.07, 6.45) is 4.94. The minimum atomic E-state index is -0.0160. The number of rotatable bonds is 5. The molecule has 0 aliphatic heterocycles. The van der Waals surface area contributed by atoms with Crippen molar-refractivity contribution >= 4 is 21.7 Å². The summed E-state index contributed by atoms with van der Waals surface area (Å²) in [4.78, 5) is 12.2. The molecule has 0 saturated carbocycles. The number of hydrogen-bond donors (Lipinski definition) is 0. The van der Waals surface area contributed by atoms with E-state index in [1.165, 1.54) is 24.7 Å². The Morgan fingerprint density at radius 2 is 1.94 bits per heavy atom. The number of benzene rings is 1. The molecule has 0 saturated heterocycles. The Labute approximate surface area is 115 Å². The van der Waals surface area contributed by atoms with Crippen molar-refractivity contribution in [3.63, 3.8) is 0 Å². The second-order valence-corrected chi connectivity index (χ2v) is 4.96. The normalized spacial score (nSPS) is 10.6. The van der Waals surface area contributed by atoms with Crippen LogP contribution in [-0.2, 0) is 6.42 Å². The highest BCUT2D eigenvalue weighted by Crippen LogP contribution is 2.21. The van der Waals surface area contributed by atoms with Crippen LogP contribution in [0.25, 0.3) is 0 Å². The first-order chi connectivity index (χ1) is 8.72. The number of furan rings is 1. The highest BCUT2D eigenvalue weighted by molar-refractivity contribution is 9.10. The summed E-state index contributed by atoms with van der Waals surface area (Å²) < 4.78 is 5.57. The van der Waals surface area contributed by atoms with Gasteiger partial charge in [-0.1, -0.05) is 37.6 Å². The van der Waals surface area contributed by atoms with E-state index in [0.29, 0.717) is 15.8 Å². The molecule has 2 nitrogen and oxygen atoms in total. The number of carbonyl (C=O) groups excluding carboxylic acids is 1. The first-order valence-corrected chi connectivity index (χ1v) is 6.88. The van der Waals surface area contributed by atoms with E-state index in [-0.39, 0.29) is 5.78 Å². The minimum Gasteiger partial charge on any atom is -0.457 e. The molecule has 0 amide bonds. The van der Waals surface area contributed by atoms with Crippen molar-refractivity contribution in [2.24, 2.45) is 0 Å². The van der Waals surface area contributed by atoms with Crippen LogP contribution in [0.1, 0.15) is 41.3 Å². The summed E-state index contributed by atoms with van der Waals surface area (Å²) >= 11 is 3.23. The molecule has 0 aliphatic carbocycles. The minimum absolute atomic E-state index is 0.0160. The molecular weight excluding hydrogens is 292 g/mol. The summed E-state index contributed by atoms with van der Waals surface area (Å²) in [5.41, 5.74) is 2.54. The van der Waals surface area contributed by atoms with Crippen molar-refractivity contribution in [1.29, 1.82) is 0 Å². The lowest BCUT2D eigenvalue weighted by atomic mass is 10.0. The summed E-state index contributed by atoms with van der Waals surface area (Å²) in [6.45, 7) is 2.17. The van der Waals surface area contributed by atoms with E-state index in [1.54, 1.807) is 6.07 Å². The molecule has 0 fully saturated rings. The lowest BCUT2D eigenvalue weighted by Crippen LogP contribution is -2.00. The van der Waals surface area contributed by atoms with Crippen LogP contribution in [0.2, 0.25) is 0 Å². The molecule has 94 valence electrons. The number of aryl methyl sites for hydroxylation is 1. The molecule has 0 unspecified atom stereocenters. The highest BCUT2D eigenvalue weighted by atomic mass is 79.9. The van der Waals surface area contributed by atoms with Gasteiger partial charge in [-0.15, -0.1) is 0 Å². The van der Waals surface area contributed by atoms with Crippen LogP contribution in [-0.4, -0.2) is 5.78 Å². The van der Waals surface area contributed by atoms with E-state index >= 15 is 0 Å². The molecule has 18 heavy (non-hydrogen) atoms. The molecular formula is C15H15BrO2. The Kier molecular flexibility index (Phi) is 4.37. The molecule has 0 spiro atoms. The Hall–Kier alpha value is -1.35. The third-order valence-corrected chi connectivity index (χ3v) is 3.51. The fraction of sp³-hybridized carbons (Fsp3) is 0.267. The van der Waals surface area contributed by atoms with E-state index in [2.05, 4.69) is 22.9 Å². The van der Waals surface area contributed by atoms with Crippen LogP contribution in [0, 0.1) is 0 Å². The van der Waals surface area contributed by atoms with Crippen LogP contribution in [0.15, 0.2) is 45.7 Å². The van der Waals surface area contributed by atoms with Gasteiger partial charge >= 0.3 is 0 Å². The van der Waals surface area contributed by atoms with Gasteiger partial charge in [0.05, 0.1) is 11.8 Å². The van der Waals surface area contributed by atoms with Crippen LogP contribution in [0.3, 0.4) is 0 Å². The van der Waals surface area contributed by atoms with Crippen LogP contribution < -0.4 is 0 Å². The van der Waals surface area contributed by atoms with Gasteiger partial charge < -0.3 is 4.42 Å². The molecule has 3 heteroatoms. The maximum Gasteiger partial charge on any atom is 0.197 e. The third kappa shape index (κ3) is 2.91. The Bertz CT molecular complexity index is 526. The second kappa shape index (κ2) is 6.01. The number of unbranched alkanes of at least 4 members (excludes halogenated alkanes) is 1. The number of halogens is 1. The van der Waals surface area contributed by atoms with Crippen LogP contribution in [0.4, 0.5) is 0 Å². The number of ketones is 1. The summed E-state index contributed by atoms with van der Waals surface area (Å²) in [5.74, 6) is -0.0160. The molecule has 0 bridgehead atoms. The van der Waals surface area contributed by atoms with E-state index < -0.39 is 0 Å². The van der Waals surface area contributed by atoms with Gasteiger partial charge in [0.1, 0.15) is 0 Å². The largest absolute Gasteiger partial charge is 0.457 e. The van der Waals surface area contributed by atoms with Gasteiger partial charge in [-0.05, 0) is 40.4 Å². The predicted molar refractivity (Wildman–Crippen MR) is 74.9 cm³/mol. The van der Waals surface area contributed by atoms with E-state index in [0.717, 1.165) is 6.42 Å². The van der Waals surface area contributed by atoms with Crippen molar-refractivity contribution in [1.82, 2.24) is 0 Å². The van der Waals surface area contributed by atoms with Crippen molar-refractivity contribution < 1.29 is 9.21 Å². The monoisotopic (exact) mass is 306 g/mol. The fourth-order valence-electron chi connectivity index (χ4n) is 1.81. The molecule has 0 radical (unpaired) electrons. The van der Waals surface area contributed by atoms with Gasteiger partial charge in [-0.3, -0.25) is 4.79 Å². The van der Waals surface area contributed by atoms with Crippen LogP contribution >= 0.6 is 15.9 Å². The van der Waals surface area contributed by atoms with Gasteiger partial charge in [0.25, 0.3) is 0 Å². The van der Waals surface area contributed by atoms with E-state index in [4.69, 9.17) is 4.42 Å². The number of carbonyl (C=O) groups is 1. The predicted octanol–water partition coefficient (Wildman–Crippen LogP) is 4.62. The van der Waals surface area contributed by atoms with Crippen molar-refractivity contribution in [2.75, 3.05) is 0 Å². The van der Waals surface area contributed by atoms with Crippen LogP contribution in [0.5, 0.6) is 0 Å². The van der Waals surface area contributed by atoms with Gasteiger partial charge in [0.2, 0.25) is 0 Å². The van der Waals surface area contributed by atoms with Crippen molar-refractivity contribution in [3.8, 4) is 0 Å². The summed E-state index contributed by atoms with van der Waals surface area (Å²) in [6, 6.07) is 9.49. The summed E-state index contributed by atoms with van der Waals surface area (Å²) in [5, 5.41) is 0.